The molecule has 1 N–H and O–H groups in total. The molecule has 0 fully saturated rings. The van der Waals surface area contributed by atoms with Crippen molar-refractivity contribution >= 4 is 6.29 Å². The first-order valence-electron chi connectivity index (χ1n) is 6.34. The van der Waals surface area contributed by atoms with Crippen molar-refractivity contribution in [2.45, 2.75) is 71.3 Å². The summed E-state index contributed by atoms with van der Waals surface area (Å²) in [6.45, 7) is 4.12. The van der Waals surface area contributed by atoms with Gasteiger partial charge < -0.3 is 9.90 Å². The van der Waals surface area contributed by atoms with Crippen LogP contribution in [0.5, 0.6) is 0 Å². The van der Waals surface area contributed by atoms with E-state index in [9.17, 15) is 9.90 Å². The number of carbonyl (C=O) groups excluding carboxylic acids is 1. The Bertz CT molecular complexity index is 145. The van der Waals surface area contributed by atoms with Gasteiger partial charge in [0.2, 0.25) is 0 Å². The van der Waals surface area contributed by atoms with Gasteiger partial charge in [0.1, 0.15) is 6.29 Å². The Labute approximate surface area is 94.1 Å². The van der Waals surface area contributed by atoms with E-state index < -0.39 is 0 Å². The van der Waals surface area contributed by atoms with E-state index in [4.69, 9.17) is 0 Å². The van der Waals surface area contributed by atoms with Crippen LogP contribution in [0.4, 0.5) is 0 Å². The molecule has 2 atom stereocenters. The van der Waals surface area contributed by atoms with Gasteiger partial charge in [-0.3, -0.25) is 0 Å². The van der Waals surface area contributed by atoms with Crippen LogP contribution in [0.2, 0.25) is 0 Å². The van der Waals surface area contributed by atoms with Crippen molar-refractivity contribution < 1.29 is 9.90 Å². The van der Waals surface area contributed by atoms with Crippen molar-refractivity contribution in [2.24, 2.45) is 5.92 Å². The Balaban J connectivity index is 3.25. The maximum absolute atomic E-state index is 10.4. The van der Waals surface area contributed by atoms with Crippen LogP contribution in [-0.4, -0.2) is 17.5 Å². The van der Waals surface area contributed by atoms with Gasteiger partial charge in [-0.25, -0.2) is 0 Å². The molecule has 0 aromatic heterocycles. The predicted molar refractivity (Wildman–Crippen MR) is 63.8 cm³/mol. The number of aliphatic hydroxyl groups is 1. The molecule has 0 amide bonds. The lowest BCUT2D eigenvalue weighted by Crippen LogP contribution is -2.07. The van der Waals surface area contributed by atoms with Gasteiger partial charge >= 0.3 is 0 Å². The lowest BCUT2D eigenvalue weighted by atomic mass is 10.0. The van der Waals surface area contributed by atoms with Crippen molar-refractivity contribution in [3.05, 3.63) is 0 Å². The van der Waals surface area contributed by atoms with Crippen molar-refractivity contribution in [2.75, 3.05) is 0 Å². The average molecular weight is 214 g/mol. The Morgan fingerprint density at radius 3 is 2.33 bits per heavy atom. The maximum Gasteiger partial charge on any atom is 0.122 e. The quantitative estimate of drug-likeness (QED) is 0.447. The Morgan fingerprint density at radius 1 is 1.07 bits per heavy atom. The van der Waals surface area contributed by atoms with Gasteiger partial charge in [0.15, 0.2) is 0 Å². The van der Waals surface area contributed by atoms with Gasteiger partial charge in [-0.1, -0.05) is 46.0 Å². The number of carbonyl (C=O) groups is 1. The Morgan fingerprint density at radius 2 is 1.73 bits per heavy atom. The van der Waals surface area contributed by atoms with Gasteiger partial charge in [-0.2, -0.15) is 0 Å². The van der Waals surface area contributed by atoms with E-state index in [1.807, 2.05) is 6.92 Å². The molecule has 0 saturated carbocycles. The molecule has 90 valence electrons. The largest absolute Gasteiger partial charge is 0.393 e. The average Bonchev–Trinajstić information content (AvgIpc) is 2.24. The molecule has 0 rings (SSSR count). The summed E-state index contributed by atoms with van der Waals surface area (Å²) < 4.78 is 0. The number of rotatable bonds is 10. The molecule has 0 bridgehead atoms. The third kappa shape index (κ3) is 9.92. The lowest BCUT2D eigenvalue weighted by Gasteiger charge is -2.10. The molecule has 0 aliphatic heterocycles. The highest BCUT2D eigenvalue weighted by molar-refractivity contribution is 5.52. The minimum atomic E-state index is -0.152. The van der Waals surface area contributed by atoms with Crippen molar-refractivity contribution in [3.63, 3.8) is 0 Å². The molecular formula is C13H26O2. The molecule has 0 aromatic rings. The lowest BCUT2D eigenvalue weighted by molar-refractivity contribution is -0.110. The summed E-state index contributed by atoms with van der Waals surface area (Å²) >= 11 is 0. The molecule has 0 aliphatic rings. The molecule has 0 heterocycles. The molecule has 0 saturated heterocycles. The molecule has 0 aliphatic carbocycles. The Kier molecular flexibility index (Phi) is 9.91. The zero-order chi connectivity index (χ0) is 11.5. The Hall–Kier alpha value is -0.370. The maximum atomic E-state index is 10.4. The van der Waals surface area contributed by atoms with Crippen LogP contribution in [0.25, 0.3) is 0 Å². The molecule has 15 heavy (non-hydrogen) atoms. The van der Waals surface area contributed by atoms with Crippen LogP contribution in [0.1, 0.15) is 65.2 Å². The van der Waals surface area contributed by atoms with Gasteiger partial charge in [0, 0.05) is 5.92 Å². The third-order valence-electron chi connectivity index (χ3n) is 2.82. The molecule has 0 aromatic carbocycles. The van der Waals surface area contributed by atoms with Crippen LogP contribution in [0, 0.1) is 5.92 Å². The summed E-state index contributed by atoms with van der Waals surface area (Å²) in [4.78, 5) is 10.4. The van der Waals surface area contributed by atoms with E-state index in [-0.39, 0.29) is 12.0 Å². The first kappa shape index (κ1) is 14.6. The van der Waals surface area contributed by atoms with Crippen LogP contribution >= 0.6 is 0 Å². The van der Waals surface area contributed by atoms with Crippen molar-refractivity contribution in [3.8, 4) is 0 Å². The first-order chi connectivity index (χ1) is 7.20. The second kappa shape index (κ2) is 10.2. The number of hydrogen-bond acceptors (Lipinski definition) is 2. The summed E-state index contributed by atoms with van der Waals surface area (Å²) in [6, 6.07) is 0. The summed E-state index contributed by atoms with van der Waals surface area (Å²) in [6.07, 6.45) is 9.39. The molecule has 0 unspecified atom stereocenters. The first-order valence-corrected chi connectivity index (χ1v) is 6.34. The molecule has 2 nitrogen and oxygen atoms in total. The topological polar surface area (TPSA) is 37.3 Å². The number of aldehydes is 1. The van der Waals surface area contributed by atoms with E-state index >= 15 is 0 Å². The summed E-state index contributed by atoms with van der Waals surface area (Å²) in [5.41, 5.74) is 0. The minimum absolute atomic E-state index is 0.150. The second-order valence-corrected chi connectivity index (χ2v) is 4.55. The zero-order valence-corrected chi connectivity index (χ0v) is 10.2. The third-order valence-corrected chi connectivity index (χ3v) is 2.82. The molecule has 2 heteroatoms. The van der Waals surface area contributed by atoms with Gasteiger partial charge in [0.25, 0.3) is 0 Å². The molecule has 0 radical (unpaired) electrons. The highest BCUT2D eigenvalue weighted by Gasteiger charge is 2.05. The monoisotopic (exact) mass is 214 g/mol. The molecular weight excluding hydrogens is 188 g/mol. The fourth-order valence-corrected chi connectivity index (χ4v) is 1.69. The van der Waals surface area contributed by atoms with Gasteiger partial charge in [-0.15, -0.1) is 0 Å². The zero-order valence-electron chi connectivity index (χ0n) is 10.2. The van der Waals surface area contributed by atoms with Crippen molar-refractivity contribution in [1.82, 2.24) is 0 Å². The highest BCUT2D eigenvalue weighted by atomic mass is 16.3. The fourth-order valence-electron chi connectivity index (χ4n) is 1.69. The van der Waals surface area contributed by atoms with Crippen LogP contribution in [0.3, 0.4) is 0 Å². The summed E-state index contributed by atoms with van der Waals surface area (Å²) in [5, 5.41) is 9.65. The summed E-state index contributed by atoms with van der Waals surface area (Å²) in [5.74, 6) is 0.150. The normalized spacial score (nSPS) is 14.9. The molecule has 0 spiro atoms. The number of hydrogen-bond donors (Lipinski definition) is 1. The van der Waals surface area contributed by atoms with Crippen LogP contribution < -0.4 is 0 Å². The van der Waals surface area contributed by atoms with E-state index in [1.165, 1.54) is 19.3 Å². The highest BCUT2D eigenvalue weighted by Crippen LogP contribution is 2.12. The predicted octanol–water partition coefficient (Wildman–Crippen LogP) is 3.32. The van der Waals surface area contributed by atoms with Gasteiger partial charge in [-0.05, 0) is 19.3 Å². The van der Waals surface area contributed by atoms with E-state index in [0.717, 1.165) is 38.4 Å². The fraction of sp³-hybridized carbons (Fsp3) is 0.923. The van der Waals surface area contributed by atoms with E-state index in [0.29, 0.717) is 0 Å². The van der Waals surface area contributed by atoms with E-state index in [2.05, 4.69) is 6.92 Å². The smallest absolute Gasteiger partial charge is 0.122 e. The second-order valence-electron chi connectivity index (χ2n) is 4.55. The van der Waals surface area contributed by atoms with Crippen LogP contribution in [0.15, 0.2) is 0 Å². The SMILES string of the molecule is CCCCCC[C@H](O)CCC[C@H](C)C=O. The van der Waals surface area contributed by atoms with E-state index in [1.54, 1.807) is 0 Å². The van der Waals surface area contributed by atoms with Gasteiger partial charge in [0.05, 0.1) is 6.10 Å². The minimum Gasteiger partial charge on any atom is -0.393 e. The number of unbranched alkanes of at least 4 members (excludes halogenated alkanes) is 3. The van der Waals surface area contributed by atoms with Crippen molar-refractivity contribution in [1.29, 1.82) is 0 Å². The standard InChI is InChI=1S/C13H26O2/c1-3-4-5-6-9-13(15)10-7-8-12(2)11-14/h11-13,15H,3-10H2,1-2H3/t12-,13-/m0/s1. The number of aliphatic hydroxyl groups excluding tert-OH is 1. The summed E-state index contributed by atoms with van der Waals surface area (Å²) in [7, 11) is 0. The van der Waals surface area contributed by atoms with Crippen LogP contribution in [-0.2, 0) is 4.79 Å².